The van der Waals surface area contributed by atoms with Gasteiger partial charge in [-0.25, -0.2) is 19.9 Å². The van der Waals surface area contributed by atoms with E-state index in [2.05, 4.69) is 19.9 Å². The number of hydrogen-bond donors (Lipinski definition) is 0. The highest BCUT2D eigenvalue weighted by Gasteiger charge is 2.20. The quantitative estimate of drug-likeness (QED) is 0.535. The fraction of sp³-hybridized carbons (Fsp3) is 0.286. The summed E-state index contributed by atoms with van der Waals surface area (Å²) in [5.41, 5.74) is 1.45. The molecule has 0 aliphatic heterocycles. The highest BCUT2D eigenvalue weighted by Crippen LogP contribution is 2.40. The van der Waals surface area contributed by atoms with Crippen molar-refractivity contribution in [1.29, 1.82) is 0 Å². The van der Waals surface area contributed by atoms with Crippen LogP contribution in [0.2, 0.25) is 0 Å². The third-order valence-electron chi connectivity index (χ3n) is 3.45. The van der Waals surface area contributed by atoms with E-state index < -0.39 is 0 Å². The van der Waals surface area contributed by atoms with Crippen molar-refractivity contribution in [3.05, 3.63) is 35.2 Å². The molecule has 4 nitrogen and oxygen atoms in total. The van der Waals surface area contributed by atoms with Crippen molar-refractivity contribution in [2.45, 2.75) is 35.9 Å². The van der Waals surface area contributed by atoms with Gasteiger partial charge >= 0.3 is 0 Å². The van der Waals surface area contributed by atoms with Gasteiger partial charge < -0.3 is 0 Å². The molecule has 1 aliphatic rings. The summed E-state index contributed by atoms with van der Waals surface area (Å²) in [6.45, 7) is 0. The van der Waals surface area contributed by atoms with Crippen molar-refractivity contribution in [2.75, 3.05) is 0 Å². The summed E-state index contributed by atoms with van der Waals surface area (Å²) in [6, 6.07) is 1.83. The average molecular weight is 300 g/mol. The van der Waals surface area contributed by atoms with Crippen molar-refractivity contribution >= 4 is 33.3 Å². The second-order valence-corrected chi connectivity index (χ2v) is 6.74. The van der Waals surface area contributed by atoms with Crippen molar-refractivity contribution in [1.82, 2.24) is 19.9 Å². The summed E-state index contributed by atoms with van der Waals surface area (Å²) in [5.74, 6) is 0. The number of nitrogens with zero attached hydrogens (tertiary/aromatic N) is 4. The molecule has 0 fully saturated rings. The summed E-state index contributed by atoms with van der Waals surface area (Å²) in [7, 11) is 0. The lowest BCUT2D eigenvalue weighted by molar-refractivity contribution is 0.699. The van der Waals surface area contributed by atoms with E-state index in [0.717, 1.165) is 21.4 Å². The van der Waals surface area contributed by atoms with Crippen molar-refractivity contribution in [2.24, 2.45) is 0 Å². The van der Waals surface area contributed by atoms with Crippen LogP contribution in [0.1, 0.15) is 23.3 Å². The first-order valence-corrected chi connectivity index (χ1v) is 8.25. The topological polar surface area (TPSA) is 51.6 Å². The molecule has 0 spiro atoms. The van der Waals surface area contributed by atoms with Gasteiger partial charge in [-0.3, -0.25) is 0 Å². The first-order valence-electron chi connectivity index (χ1n) is 6.62. The maximum absolute atomic E-state index is 4.46. The third kappa shape index (κ3) is 2.09. The Balaban J connectivity index is 1.85. The maximum Gasteiger partial charge on any atom is 0.193 e. The Bertz CT molecular complexity index is 754. The normalized spacial score (nSPS) is 14.4. The Kier molecular flexibility index (Phi) is 3.12. The van der Waals surface area contributed by atoms with Crippen LogP contribution in [-0.2, 0) is 12.8 Å². The Labute approximate surface area is 124 Å². The molecule has 0 atom stereocenters. The molecule has 0 radical (unpaired) electrons. The number of aromatic nitrogens is 4. The van der Waals surface area contributed by atoms with Gasteiger partial charge in [0.2, 0.25) is 0 Å². The molecule has 6 heteroatoms. The molecular weight excluding hydrogens is 288 g/mol. The molecule has 3 heterocycles. The Morgan fingerprint density at radius 3 is 2.75 bits per heavy atom. The average Bonchev–Trinajstić information content (AvgIpc) is 2.88. The van der Waals surface area contributed by atoms with E-state index in [-0.39, 0.29) is 0 Å². The van der Waals surface area contributed by atoms with Gasteiger partial charge in [0.05, 0.1) is 0 Å². The van der Waals surface area contributed by atoms with E-state index in [1.54, 1.807) is 18.7 Å². The van der Waals surface area contributed by atoms with Crippen LogP contribution in [0.25, 0.3) is 10.2 Å². The maximum atomic E-state index is 4.46. The molecular formula is C14H12N4S2. The minimum atomic E-state index is 0.739. The van der Waals surface area contributed by atoms with E-state index in [0.29, 0.717) is 0 Å². The second kappa shape index (κ2) is 5.10. The van der Waals surface area contributed by atoms with Crippen molar-refractivity contribution < 1.29 is 0 Å². The van der Waals surface area contributed by atoms with E-state index in [9.17, 15) is 0 Å². The van der Waals surface area contributed by atoms with Crippen LogP contribution in [0.3, 0.4) is 0 Å². The number of aryl methyl sites for hydroxylation is 2. The fourth-order valence-corrected chi connectivity index (χ4v) is 4.68. The lowest BCUT2D eigenvalue weighted by Crippen LogP contribution is -1.99. The number of thiophene rings is 1. The lowest BCUT2D eigenvalue weighted by atomic mass is 9.97. The van der Waals surface area contributed by atoms with Crippen LogP contribution < -0.4 is 0 Å². The Morgan fingerprint density at radius 2 is 1.85 bits per heavy atom. The van der Waals surface area contributed by atoms with Crippen LogP contribution in [-0.4, -0.2) is 19.9 Å². The highest BCUT2D eigenvalue weighted by molar-refractivity contribution is 7.99. The second-order valence-electron chi connectivity index (χ2n) is 4.70. The van der Waals surface area contributed by atoms with Gasteiger partial charge in [-0.05, 0) is 49.1 Å². The predicted molar refractivity (Wildman–Crippen MR) is 80.2 cm³/mol. The first kappa shape index (κ1) is 12.2. The predicted octanol–water partition coefficient (Wildman–Crippen LogP) is 3.51. The third-order valence-corrected chi connectivity index (χ3v) is 5.54. The SMILES string of the molecule is c1cnc(Sc2ncnc3sc4c(c23)CCCC4)nc1. The molecule has 0 amide bonds. The number of hydrogen-bond acceptors (Lipinski definition) is 6. The molecule has 0 N–H and O–H groups in total. The minimum Gasteiger partial charge on any atom is -0.231 e. The molecule has 0 aromatic carbocycles. The van der Waals surface area contributed by atoms with Gasteiger partial charge in [0.1, 0.15) is 16.2 Å². The molecule has 0 unspecified atom stereocenters. The zero-order chi connectivity index (χ0) is 13.4. The molecule has 3 aromatic rings. The van der Waals surface area contributed by atoms with Crippen LogP contribution >= 0.6 is 23.1 Å². The number of rotatable bonds is 2. The number of fused-ring (bicyclic) bond motifs is 3. The lowest BCUT2D eigenvalue weighted by Gasteiger charge is -2.11. The van der Waals surface area contributed by atoms with Crippen LogP contribution in [0.5, 0.6) is 0 Å². The zero-order valence-electron chi connectivity index (χ0n) is 10.7. The van der Waals surface area contributed by atoms with E-state index >= 15 is 0 Å². The molecule has 0 saturated carbocycles. The van der Waals surface area contributed by atoms with Gasteiger partial charge in [0.15, 0.2) is 5.16 Å². The molecule has 3 aromatic heterocycles. The molecule has 4 rings (SSSR count). The summed E-state index contributed by atoms with van der Waals surface area (Å²) >= 11 is 3.35. The molecule has 0 bridgehead atoms. The van der Waals surface area contributed by atoms with Gasteiger partial charge in [-0.2, -0.15) is 0 Å². The summed E-state index contributed by atoms with van der Waals surface area (Å²) in [5, 5.41) is 2.95. The van der Waals surface area contributed by atoms with Crippen LogP contribution in [0, 0.1) is 0 Å². The smallest absolute Gasteiger partial charge is 0.193 e. The summed E-state index contributed by atoms with van der Waals surface area (Å²) in [4.78, 5) is 20.0. The largest absolute Gasteiger partial charge is 0.231 e. The molecule has 0 saturated heterocycles. The Hall–Kier alpha value is -1.53. The van der Waals surface area contributed by atoms with Gasteiger partial charge in [-0.15, -0.1) is 11.3 Å². The van der Waals surface area contributed by atoms with Gasteiger partial charge in [-0.1, -0.05) is 0 Å². The zero-order valence-corrected chi connectivity index (χ0v) is 12.4. The Morgan fingerprint density at radius 1 is 1.00 bits per heavy atom. The minimum absolute atomic E-state index is 0.739. The monoisotopic (exact) mass is 300 g/mol. The standard InChI is InChI=1S/C14H12N4S2/c1-2-5-10-9(4-1)11-12(19-10)17-8-18-13(11)20-14-15-6-3-7-16-14/h3,6-8H,1-2,4-5H2. The molecule has 100 valence electrons. The molecule has 1 aliphatic carbocycles. The van der Waals surface area contributed by atoms with Gasteiger partial charge in [0, 0.05) is 22.7 Å². The van der Waals surface area contributed by atoms with Crippen LogP contribution in [0.15, 0.2) is 35.0 Å². The highest BCUT2D eigenvalue weighted by atomic mass is 32.2. The van der Waals surface area contributed by atoms with Gasteiger partial charge in [0.25, 0.3) is 0 Å². The fourth-order valence-electron chi connectivity index (χ4n) is 2.56. The summed E-state index contributed by atoms with van der Waals surface area (Å²) in [6.07, 6.45) is 10.1. The van der Waals surface area contributed by atoms with Crippen molar-refractivity contribution in [3.63, 3.8) is 0 Å². The first-order chi connectivity index (χ1) is 9.92. The van der Waals surface area contributed by atoms with E-state index in [1.165, 1.54) is 46.9 Å². The van der Waals surface area contributed by atoms with Crippen molar-refractivity contribution in [3.8, 4) is 0 Å². The van der Waals surface area contributed by atoms with E-state index in [1.807, 2.05) is 17.4 Å². The van der Waals surface area contributed by atoms with E-state index in [4.69, 9.17) is 0 Å². The summed E-state index contributed by atoms with van der Waals surface area (Å²) < 4.78 is 0. The van der Waals surface area contributed by atoms with Crippen LogP contribution in [0.4, 0.5) is 0 Å². The molecule has 20 heavy (non-hydrogen) atoms.